The lowest BCUT2D eigenvalue weighted by atomic mass is 9.78. The van der Waals surface area contributed by atoms with Gasteiger partial charge in [-0.25, -0.2) is 0 Å². The van der Waals surface area contributed by atoms with Gasteiger partial charge < -0.3 is 19.3 Å². The lowest BCUT2D eigenvalue weighted by Crippen LogP contribution is -2.48. The molecule has 2 heterocycles. The summed E-state index contributed by atoms with van der Waals surface area (Å²) in [6, 6.07) is 0. The molecular formula is C14H24N4O3. The molecule has 0 spiro atoms. The Labute approximate surface area is 124 Å². The Kier molecular flexibility index (Phi) is 5.69. The topological polar surface area (TPSA) is 80.5 Å². The molecular weight excluding hydrogens is 272 g/mol. The number of aryl methyl sites for hydroxylation is 1. The van der Waals surface area contributed by atoms with Gasteiger partial charge in [0, 0.05) is 45.2 Å². The van der Waals surface area contributed by atoms with Crippen LogP contribution in [0.1, 0.15) is 25.7 Å². The van der Waals surface area contributed by atoms with Crippen molar-refractivity contribution in [2.45, 2.75) is 32.2 Å². The predicted molar refractivity (Wildman–Crippen MR) is 76.5 cm³/mol. The number of piperidine rings is 1. The van der Waals surface area contributed by atoms with Crippen molar-refractivity contribution in [2.75, 3.05) is 33.4 Å². The number of carbonyl (C=O) groups excluding carboxylic acids is 1. The van der Waals surface area contributed by atoms with E-state index >= 15 is 0 Å². The fourth-order valence-corrected chi connectivity index (χ4v) is 2.87. The Morgan fingerprint density at radius 1 is 1.43 bits per heavy atom. The van der Waals surface area contributed by atoms with Gasteiger partial charge in [0.15, 0.2) is 0 Å². The lowest BCUT2D eigenvalue weighted by Gasteiger charge is -2.42. The molecule has 0 unspecified atom stereocenters. The zero-order valence-electron chi connectivity index (χ0n) is 12.6. The first-order valence-corrected chi connectivity index (χ1v) is 7.39. The van der Waals surface area contributed by atoms with Crippen LogP contribution in [0.25, 0.3) is 0 Å². The molecule has 2 rings (SSSR count). The van der Waals surface area contributed by atoms with Gasteiger partial charge in [-0.1, -0.05) is 0 Å². The molecule has 0 aromatic carbocycles. The fourth-order valence-electron chi connectivity index (χ4n) is 2.87. The van der Waals surface area contributed by atoms with Gasteiger partial charge in [-0.3, -0.25) is 4.79 Å². The first kappa shape index (κ1) is 15.9. The van der Waals surface area contributed by atoms with Crippen LogP contribution in [0.15, 0.2) is 12.7 Å². The number of rotatable bonds is 7. The minimum absolute atomic E-state index is 0.103. The van der Waals surface area contributed by atoms with Crippen molar-refractivity contribution in [3.63, 3.8) is 0 Å². The summed E-state index contributed by atoms with van der Waals surface area (Å²) < 4.78 is 6.93. The molecule has 1 atom stereocenters. The third-order valence-electron chi connectivity index (χ3n) is 4.24. The summed E-state index contributed by atoms with van der Waals surface area (Å²) in [4.78, 5) is 14.2. The quantitative estimate of drug-likeness (QED) is 0.783. The standard InChI is InChI=1S/C14H24N4O3/c1-21-8-5-14(10-19)4-2-6-18(9-14)13(20)3-7-17-11-15-16-12-17/h11-12,19H,2-10H2,1H3/t14-/m0/s1. The van der Waals surface area contributed by atoms with E-state index in [1.807, 2.05) is 4.90 Å². The second-order valence-electron chi connectivity index (χ2n) is 5.77. The summed E-state index contributed by atoms with van der Waals surface area (Å²) >= 11 is 0. The number of hydrogen-bond donors (Lipinski definition) is 1. The number of likely N-dealkylation sites (tertiary alicyclic amines) is 1. The summed E-state index contributed by atoms with van der Waals surface area (Å²) in [5.41, 5.74) is -0.208. The maximum Gasteiger partial charge on any atom is 0.224 e. The van der Waals surface area contributed by atoms with Crippen LogP contribution in [-0.2, 0) is 16.1 Å². The zero-order valence-corrected chi connectivity index (χ0v) is 12.6. The third kappa shape index (κ3) is 4.25. The Balaban J connectivity index is 1.88. The Bertz CT molecular complexity index is 437. The maximum atomic E-state index is 12.3. The molecule has 0 radical (unpaired) electrons. The van der Waals surface area contributed by atoms with Crippen molar-refractivity contribution in [1.82, 2.24) is 19.7 Å². The summed E-state index contributed by atoms with van der Waals surface area (Å²) in [7, 11) is 1.66. The lowest BCUT2D eigenvalue weighted by molar-refractivity contribution is -0.136. The van der Waals surface area contributed by atoms with Crippen molar-refractivity contribution in [2.24, 2.45) is 5.41 Å². The van der Waals surface area contributed by atoms with Crippen LogP contribution in [0.5, 0.6) is 0 Å². The van der Waals surface area contributed by atoms with Crippen LogP contribution in [0.3, 0.4) is 0 Å². The molecule has 1 aliphatic heterocycles. The highest BCUT2D eigenvalue weighted by Crippen LogP contribution is 2.33. The normalized spacial score (nSPS) is 22.5. The van der Waals surface area contributed by atoms with Crippen LogP contribution >= 0.6 is 0 Å². The molecule has 21 heavy (non-hydrogen) atoms. The fraction of sp³-hybridized carbons (Fsp3) is 0.786. The number of ether oxygens (including phenoxy) is 1. The number of carbonyl (C=O) groups is 1. The van der Waals surface area contributed by atoms with Crippen LogP contribution in [-0.4, -0.2) is 64.1 Å². The second-order valence-corrected chi connectivity index (χ2v) is 5.77. The molecule has 1 aliphatic rings. The number of aliphatic hydroxyl groups is 1. The van der Waals surface area contributed by atoms with E-state index < -0.39 is 0 Å². The molecule has 1 amide bonds. The number of amides is 1. The third-order valence-corrected chi connectivity index (χ3v) is 4.24. The van der Waals surface area contributed by atoms with Crippen molar-refractivity contribution >= 4 is 5.91 Å². The van der Waals surface area contributed by atoms with Crippen molar-refractivity contribution in [3.05, 3.63) is 12.7 Å². The van der Waals surface area contributed by atoms with Crippen molar-refractivity contribution < 1.29 is 14.6 Å². The van der Waals surface area contributed by atoms with Crippen molar-refractivity contribution in [3.8, 4) is 0 Å². The van der Waals surface area contributed by atoms with Gasteiger partial charge >= 0.3 is 0 Å². The SMILES string of the molecule is COCC[C@@]1(CO)CCCN(C(=O)CCn2cnnc2)C1. The Morgan fingerprint density at radius 2 is 2.19 bits per heavy atom. The second kappa shape index (κ2) is 7.51. The number of methoxy groups -OCH3 is 1. The summed E-state index contributed by atoms with van der Waals surface area (Å²) in [5, 5.41) is 17.2. The highest BCUT2D eigenvalue weighted by Gasteiger charge is 2.36. The van der Waals surface area contributed by atoms with E-state index in [1.54, 1.807) is 24.3 Å². The smallest absolute Gasteiger partial charge is 0.224 e. The molecule has 7 heteroatoms. The number of hydrogen-bond acceptors (Lipinski definition) is 5. The molecule has 1 aromatic heterocycles. The maximum absolute atomic E-state index is 12.3. The summed E-state index contributed by atoms with van der Waals surface area (Å²) in [6.07, 6.45) is 6.32. The van der Waals surface area contributed by atoms with E-state index in [1.165, 1.54) is 0 Å². The number of aromatic nitrogens is 3. The van der Waals surface area contributed by atoms with E-state index in [4.69, 9.17) is 4.74 Å². The van der Waals surface area contributed by atoms with E-state index in [0.29, 0.717) is 26.1 Å². The van der Waals surface area contributed by atoms with Gasteiger partial charge in [-0.05, 0) is 19.3 Å². The van der Waals surface area contributed by atoms with Crippen molar-refractivity contribution in [1.29, 1.82) is 0 Å². The Morgan fingerprint density at radius 3 is 2.86 bits per heavy atom. The molecule has 1 saturated heterocycles. The highest BCUT2D eigenvalue weighted by molar-refractivity contribution is 5.76. The predicted octanol–water partition coefficient (Wildman–Crippen LogP) is 0.306. The van der Waals surface area contributed by atoms with Crippen LogP contribution in [0.4, 0.5) is 0 Å². The average Bonchev–Trinajstić information content (AvgIpc) is 3.04. The van der Waals surface area contributed by atoms with Gasteiger partial charge in [-0.15, -0.1) is 10.2 Å². The first-order valence-electron chi connectivity index (χ1n) is 7.39. The van der Waals surface area contributed by atoms with Gasteiger partial charge in [0.25, 0.3) is 0 Å². The molecule has 118 valence electrons. The Hall–Kier alpha value is -1.47. The van der Waals surface area contributed by atoms with Crippen LogP contribution < -0.4 is 0 Å². The molecule has 1 N–H and O–H groups in total. The zero-order chi connectivity index (χ0) is 15.1. The molecule has 1 aromatic rings. The van der Waals surface area contributed by atoms with Crippen LogP contribution in [0.2, 0.25) is 0 Å². The van der Waals surface area contributed by atoms with Gasteiger partial charge in [-0.2, -0.15) is 0 Å². The minimum atomic E-state index is -0.208. The molecule has 0 bridgehead atoms. The minimum Gasteiger partial charge on any atom is -0.396 e. The number of nitrogens with zero attached hydrogens (tertiary/aromatic N) is 4. The summed E-state index contributed by atoms with van der Waals surface area (Å²) in [6.45, 7) is 2.70. The number of aliphatic hydroxyl groups excluding tert-OH is 1. The monoisotopic (exact) mass is 296 g/mol. The van der Waals surface area contributed by atoms with Gasteiger partial charge in [0.05, 0.1) is 6.61 Å². The summed E-state index contributed by atoms with van der Waals surface area (Å²) in [5.74, 6) is 0.124. The first-order chi connectivity index (χ1) is 10.2. The average molecular weight is 296 g/mol. The molecule has 7 nitrogen and oxygen atoms in total. The molecule has 0 aliphatic carbocycles. The van der Waals surface area contributed by atoms with E-state index in [9.17, 15) is 9.90 Å². The van der Waals surface area contributed by atoms with Crippen LogP contribution in [0, 0.1) is 5.41 Å². The van der Waals surface area contributed by atoms with Gasteiger partial charge in [0.2, 0.25) is 5.91 Å². The van der Waals surface area contributed by atoms with Gasteiger partial charge in [0.1, 0.15) is 12.7 Å². The van der Waals surface area contributed by atoms with E-state index in [-0.39, 0.29) is 17.9 Å². The molecule has 0 saturated carbocycles. The van der Waals surface area contributed by atoms with E-state index in [2.05, 4.69) is 10.2 Å². The van der Waals surface area contributed by atoms with E-state index in [0.717, 1.165) is 25.8 Å². The largest absolute Gasteiger partial charge is 0.396 e. The highest BCUT2D eigenvalue weighted by atomic mass is 16.5. The molecule has 1 fully saturated rings.